The highest BCUT2D eigenvalue weighted by atomic mass is 35.5. The first-order valence-corrected chi connectivity index (χ1v) is 5.73. The van der Waals surface area contributed by atoms with Gasteiger partial charge in [0.2, 0.25) is 0 Å². The average Bonchev–Trinajstić information content (AvgIpc) is 3.09. The third-order valence-electron chi connectivity index (χ3n) is 2.92. The van der Waals surface area contributed by atoms with Gasteiger partial charge in [-0.3, -0.25) is 14.9 Å². The lowest BCUT2D eigenvalue weighted by Gasteiger charge is -2.12. The smallest absolute Gasteiger partial charge is 0.329 e. The number of carbonyl (C=O) groups excluding carboxylic acids is 1. The van der Waals surface area contributed by atoms with Crippen LogP contribution in [0.5, 0.6) is 0 Å². The van der Waals surface area contributed by atoms with Gasteiger partial charge in [-0.15, -0.1) is 0 Å². The van der Waals surface area contributed by atoms with Crippen molar-refractivity contribution in [2.45, 2.75) is 18.4 Å². The van der Waals surface area contributed by atoms with E-state index in [1.54, 1.807) is 0 Å². The number of amides is 1. The van der Waals surface area contributed by atoms with Crippen LogP contribution in [0.2, 0.25) is 5.02 Å². The molecule has 100 valence electrons. The van der Waals surface area contributed by atoms with Crippen LogP contribution in [0.15, 0.2) is 18.2 Å². The summed E-state index contributed by atoms with van der Waals surface area (Å²) in [4.78, 5) is 32.7. The first-order chi connectivity index (χ1) is 8.85. The van der Waals surface area contributed by atoms with Gasteiger partial charge in [0.1, 0.15) is 5.54 Å². The minimum absolute atomic E-state index is 0.0137. The predicted molar refractivity (Wildman–Crippen MR) is 65.2 cm³/mol. The van der Waals surface area contributed by atoms with Crippen LogP contribution in [-0.4, -0.2) is 27.4 Å². The molecule has 0 heterocycles. The minimum Gasteiger partial charge on any atom is -0.480 e. The highest BCUT2D eigenvalue weighted by molar-refractivity contribution is 6.34. The van der Waals surface area contributed by atoms with E-state index in [1.165, 1.54) is 6.07 Å². The van der Waals surface area contributed by atoms with E-state index in [4.69, 9.17) is 16.7 Å². The van der Waals surface area contributed by atoms with Crippen LogP contribution < -0.4 is 5.32 Å². The largest absolute Gasteiger partial charge is 0.480 e. The van der Waals surface area contributed by atoms with E-state index in [-0.39, 0.29) is 16.3 Å². The molecule has 19 heavy (non-hydrogen) atoms. The fourth-order valence-electron chi connectivity index (χ4n) is 1.60. The molecule has 0 saturated heterocycles. The van der Waals surface area contributed by atoms with Crippen LogP contribution in [-0.2, 0) is 4.79 Å². The van der Waals surface area contributed by atoms with Crippen molar-refractivity contribution in [2.24, 2.45) is 0 Å². The first-order valence-electron chi connectivity index (χ1n) is 5.35. The Labute approximate surface area is 112 Å². The summed E-state index contributed by atoms with van der Waals surface area (Å²) in [6.45, 7) is 0. The van der Waals surface area contributed by atoms with Crippen molar-refractivity contribution >= 4 is 29.2 Å². The molecule has 1 amide bonds. The van der Waals surface area contributed by atoms with E-state index >= 15 is 0 Å². The van der Waals surface area contributed by atoms with Crippen LogP contribution in [0.1, 0.15) is 23.2 Å². The molecule has 1 aliphatic rings. The molecule has 0 aliphatic heterocycles. The molecule has 0 unspecified atom stereocenters. The molecule has 7 nitrogen and oxygen atoms in total. The number of nitro benzene ring substituents is 1. The highest BCUT2D eigenvalue weighted by Gasteiger charge is 2.51. The lowest BCUT2D eigenvalue weighted by Crippen LogP contribution is -2.43. The fourth-order valence-corrected chi connectivity index (χ4v) is 1.86. The summed E-state index contributed by atoms with van der Waals surface area (Å²) in [5.74, 6) is -1.75. The summed E-state index contributed by atoms with van der Waals surface area (Å²) in [5, 5.41) is 21.8. The van der Waals surface area contributed by atoms with Crippen molar-refractivity contribution in [1.29, 1.82) is 0 Å². The predicted octanol–water partition coefficient (Wildman–Crippen LogP) is 1.60. The van der Waals surface area contributed by atoms with E-state index in [9.17, 15) is 19.7 Å². The van der Waals surface area contributed by atoms with Crippen LogP contribution in [0.25, 0.3) is 0 Å². The van der Waals surface area contributed by atoms with Crippen molar-refractivity contribution in [3.8, 4) is 0 Å². The lowest BCUT2D eigenvalue weighted by atomic mass is 10.1. The Morgan fingerprint density at radius 2 is 2.05 bits per heavy atom. The molecule has 1 aromatic rings. The van der Waals surface area contributed by atoms with Crippen molar-refractivity contribution < 1.29 is 19.6 Å². The Kier molecular flexibility index (Phi) is 3.15. The normalized spacial score (nSPS) is 15.6. The first kappa shape index (κ1) is 13.3. The standard InChI is InChI=1S/C11H9ClN2O5/c12-8-5-6(14(18)19)1-2-7(8)9(15)13-11(3-4-11)10(16)17/h1-2,5H,3-4H2,(H,13,15)(H,16,17). The molecule has 0 atom stereocenters. The Morgan fingerprint density at radius 1 is 1.42 bits per heavy atom. The molecule has 1 aromatic carbocycles. The van der Waals surface area contributed by atoms with Gasteiger partial charge >= 0.3 is 5.97 Å². The highest BCUT2D eigenvalue weighted by Crippen LogP contribution is 2.36. The quantitative estimate of drug-likeness (QED) is 0.644. The zero-order chi connectivity index (χ0) is 14.2. The number of hydrogen-bond acceptors (Lipinski definition) is 4. The van der Waals surface area contributed by atoms with Gasteiger partial charge in [0.05, 0.1) is 15.5 Å². The zero-order valence-corrected chi connectivity index (χ0v) is 10.3. The van der Waals surface area contributed by atoms with Gasteiger partial charge in [0.25, 0.3) is 11.6 Å². The van der Waals surface area contributed by atoms with Crippen LogP contribution in [0.4, 0.5) is 5.69 Å². The molecular formula is C11H9ClN2O5. The minimum atomic E-state index is -1.22. The number of non-ortho nitro benzene ring substituents is 1. The maximum atomic E-state index is 11.9. The molecule has 0 aromatic heterocycles. The Balaban J connectivity index is 2.21. The molecule has 2 rings (SSSR count). The number of aliphatic carboxylic acids is 1. The summed E-state index contributed by atoms with van der Waals surface area (Å²) in [7, 11) is 0. The second kappa shape index (κ2) is 4.51. The van der Waals surface area contributed by atoms with E-state index in [0.717, 1.165) is 12.1 Å². The molecule has 1 fully saturated rings. The second-order valence-corrected chi connectivity index (χ2v) is 4.67. The molecule has 1 saturated carbocycles. The number of carboxylic acids is 1. The van der Waals surface area contributed by atoms with Gasteiger partial charge in [-0.05, 0) is 18.9 Å². The zero-order valence-electron chi connectivity index (χ0n) is 9.55. The molecular weight excluding hydrogens is 276 g/mol. The monoisotopic (exact) mass is 284 g/mol. The molecule has 0 radical (unpaired) electrons. The second-order valence-electron chi connectivity index (χ2n) is 4.26. The van der Waals surface area contributed by atoms with Crippen molar-refractivity contribution in [2.75, 3.05) is 0 Å². The molecule has 2 N–H and O–H groups in total. The van der Waals surface area contributed by atoms with Gasteiger partial charge < -0.3 is 10.4 Å². The molecule has 1 aliphatic carbocycles. The number of rotatable bonds is 4. The number of nitrogens with one attached hydrogen (secondary N) is 1. The van der Waals surface area contributed by atoms with E-state index < -0.39 is 22.3 Å². The maximum Gasteiger partial charge on any atom is 0.329 e. The number of nitrogens with zero attached hydrogens (tertiary/aromatic N) is 1. The SMILES string of the molecule is O=C(NC1(C(=O)O)CC1)c1ccc([N+](=O)[O-])cc1Cl. The van der Waals surface area contributed by atoms with E-state index in [2.05, 4.69) is 5.32 Å². The van der Waals surface area contributed by atoms with Crippen LogP contribution >= 0.6 is 11.6 Å². The Hall–Kier alpha value is -2.15. The van der Waals surface area contributed by atoms with Gasteiger partial charge in [-0.2, -0.15) is 0 Å². The average molecular weight is 285 g/mol. The summed E-state index contributed by atoms with van der Waals surface area (Å²) in [5.41, 5.74) is -1.44. The third kappa shape index (κ3) is 2.50. The summed E-state index contributed by atoms with van der Waals surface area (Å²) in [6, 6.07) is 3.39. The van der Waals surface area contributed by atoms with E-state index in [0.29, 0.717) is 12.8 Å². The van der Waals surface area contributed by atoms with Crippen molar-refractivity contribution in [1.82, 2.24) is 5.32 Å². The lowest BCUT2D eigenvalue weighted by molar-refractivity contribution is -0.384. The number of halogens is 1. The summed E-state index contributed by atoms with van der Waals surface area (Å²) in [6.07, 6.45) is 0.720. The van der Waals surface area contributed by atoms with Gasteiger partial charge in [-0.25, -0.2) is 4.79 Å². The molecule has 0 bridgehead atoms. The van der Waals surface area contributed by atoms with Gasteiger partial charge in [-0.1, -0.05) is 11.6 Å². The maximum absolute atomic E-state index is 11.9. The molecule has 8 heteroatoms. The van der Waals surface area contributed by atoms with Crippen molar-refractivity contribution in [3.05, 3.63) is 38.9 Å². The van der Waals surface area contributed by atoms with Gasteiger partial charge in [0, 0.05) is 12.1 Å². The third-order valence-corrected chi connectivity index (χ3v) is 3.23. The van der Waals surface area contributed by atoms with Gasteiger partial charge in [0.15, 0.2) is 0 Å². The molecule has 0 spiro atoms. The Bertz CT molecular complexity index is 582. The number of hydrogen-bond donors (Lipinski definition) is 2. The summed E-state index contributed by atoms with van der Waals surface area (Å²) < 4.78 is 0. The van der Waals surface area contributed by atoms with E-state index in [1.807, 2.05) is 0 Å². The van der Waals surface area contributed by atoms with Crippen molar-refractivity contribution in [3.63, 3.8) is 0 Å². The topological polar surface area (TPSA) is 110 Å². The fraction of sp³-hybridized carbons (Fsp3) is 0.273. The van der Waals surface area contributed by atoms with Crippen LogP contribution in [0.3, 0.4) is 0 Å². The van der Waals surface area contributed by atoms with Crippen LogP contribution in [0, 0.1) is 10.1 Å². The number of carbonyl (C=O) groups is 2. The Morgan fingerprint density at radius 3 is 2.47 bits per heavy atom. The number of benzene rings is 1. The number of carboxylic acid groups (broad SMARTS) is 1. The number of nitro groups is 1. The summed E-state index contributed by atoms with van der Waals surface area (Å²) >= 11 is 5.78.